The van der Waals surface area contributed by atoms with Gasteiger partial charge in [0.05, 0.1) is 20.7 Å². The molecule has 0 aliphatic carbocycles. The minimum Gasteiger partial charge on any atom is -0.312 e. The van der Waals surface area contributed by atoms with Gasteiger partial charge in [0.2, 0.25) is 0 Å². The topological polar surface area (TPSA) is 46.2 Å². The van der Waals surface area contributed by atoms with Gasteiger partial charge >= 0.3 is 0 Å². The molecular formula is C15H15Cl2NO2S. The molecule has 0 aliphatic heterocycles. The average Bonchev–Trinajstić information content (AvgIpc) is 2.48. The van der Waals surface area contributed by atoms with Crippen molar-refractivity contribution in [3.63, 3.8) is 0 Å². The van der Waals surface area contributed by atoms with E-state index < -0.39 is 9.84 Å². The van der Waals surface area contributed by atoms with E-state index in [4.69, 9.17) is 23.2 Å². The van der Waals surface area contributed by atoms with Crippen LogP contribution < -0.4 is 5.32 Å². The number of hydrogen-bond acceptors (Lipinski definition) is 3. The van der Waals surface area contributed by atoms with Gasteiger partial charge in [0.15, 0.2) is 9.84 Å². The van der Waals surface area contributed by atoms with E-state index in [1.807, 2.05) is 30.3 Å². The smallest absolute Gasteiger partial charge is 0.180 e. The minimum atomic E-state index is -3.46. The molecule has 0 bridgehead atoms. The molecule has 0 aromatic heterocycles. The zero-order valence-electron chi connectivity index (χ0n) is 11.4. The van der Waals surface area contributed by atoms with Gasteiger partial charge in [0.1, 0.15) is 0 Å². The zero-order valence-corrected chi connectivity index (χ0v) is 13.7. The van der Waals surface area contributed by atoms with Crippen LogP contribution in [0, 0.1) is 0 Å². The Balaban J connectivity index is 2.29. The van der Waals surface area contributed by atoms with Crippen molar-refractivity contribution in [2.24, 2.45) is 0 Å². The molecule has 0 saturated heterocycles. The molecular weight excluding hydrogens is 329 g/mol. The van der Waals surface area contributed by atoms with E-state index in [0.29, 0.717) is 5.02 Å². The molecule has 0 amide bonds. The first-order valence-corrected chi connectivity index (χ1v) is 8.75. The predicted octanol–water partition coefficient (Wildman–Crippen LogP) is 3.73. The number of hydrogen-bond donors (Lipinski definition) is 1. The van der Waals surface area contributed by atoms with Crippen LogP contribution in [0.15, 0.2) is 53.4 Å². The van der Waals surface area contributed by atoms with Gasteiger partial charge < -0.3 is 5.32 Å². The van der Waals surface area contributed by atoms with Gasteiger partial charge in [0, 0.05) is 6.04 Å². The largest absolute Gasteiger partial charge is 0.312 e. The molecule has 0 saturated carbocycles. The van der Waals surface area contributed by atoms with Crippen LogP contribution in [0.1, 0.15) is 11.6 Å². The van der Waals surface area contributed by atoms with Gasteiger partial charge in [-0.2, -0.15) is 0 Å². The maximum absolute atomic E-state index is 12.5. The standard InChI is InChI=1S/C15H15Cl2NO2S/c1-18-15(11-5-3-2-4-6-11)10-21(19,20)12-7-8-13(16)14(17)9-12/h2-9,15,18H,10H2,1H3. The Bertz CT molecular complexity index is 718. The lowest BCUT2D eigenvalue weighted by Crippen LogP contribution is -2.25. The number of rotatable bonds is 5. The first-order chi connectivity index (χ1) is 9.94. The van der Waals surface area contributed by atoms with Crippen molar-refractivity contribution in [2.45, 2.75) is 10.9 Å². The fourth-order valence-corrected chi connectivity index (χ4v) is 3.94. The summed E-state index contributed by atoms with van der Waals surface area (Å²) in [5.41, 5.74) is 0.920. The normalized spacial score (nSPS) is 13.1. The van der Waals surface area contributed by atoms with E-state index >= 15 is 0 Å². The van der Waals surface area contributed by atoms with Crippen LogP contribution >= 0.6 is 23.2 Å². The second-order valence-corrected chi connectivity index (χ2v) is 7.46. The van der Waals surface area contributed by atoms with E-state index in [1.165, 1.54) is 18.2 Å². The number of nitrogens with one attached hydrogen (secondary N) is 1. The summed E-state index contributed by atoms with van der Waals surface area (Å²) in [5, 5.41) is 3.60. The lowest BCUT2D eigenvalue weighted by molar-refractivity contribution is 0.574. The van der Waals surface area contributed by atoms with E-state index in [9.17, 15) is 8.42 Å². The molecule has 21 heavy (non-hydrogen) atoms. The highest BCUT2D eigenvalue weighted by Crippen LogP contribution is 2.27. The van der Waals surface area contributed by atoms with E-state index in [2.05, 4.69) is 5.32 Å². The molecule has 112 valence electrons. The Hall–Kier alpha value is -1.07. The molecule has 2 aromatic rings. The molecule has 0 radical (unpaired) electrons. The van der Waals surface area contributed by atoms with Crippen molar-refractivity contribution in [2.75, 3.05) is 12.8 Å². The highest BCUT2D eigenvalue weighted by Gasteiger charge is 2.22. The summed E-state index contributed by atoms with van der Waals surface area (Å²) in [5.74, 6) is -0.0501. The van der Waals surface area contributed by atoms with Crippen molar-refractivity contribution < 1.29 is 8.42 Å². The first kappa shape index (κ1) is 16.3. The summed E-state index contributed by atoms with van der Waals surface area (Å²) < 4.78 is 25.0. The van der Waals surface area contributed by atoms with Crippen molar-refractivity contribution in [3.05, 3.63) is 64.1 Å². The third kappa shape index (κ3) is 3.98. The summed E-state index contributed by atoms with van der Waals surface area (Å²) in [6.45, 7) is 0. The second-order valence-electron chi connectivity index (χ2n) is 4.61. The molecule has 2 rings (SSSR count). The van der Waals surface area contributed by atoms with Crippen LogP contribution in [0.3, 0.4) is 0 Å². The second kappa shape index (κ2) is 6.79. The minimum absolute atomic E-state index is 0.0501. The van der Waals surface area contributed by atoms with Gasteiger partial charge in [-0.3, -0.25) is 0 Å². The lowest BCUT2D eigenvalue weighted by atomic mass is 10.1. The quantitative estimate of drug-likeness (QED) is 0.899. The molecule has 0 fully saturated rings. The molecule has 1 N–H and O–H groups in total. The zero-order chi connectivity index (χ0) is 15.5. The molecule has 6 heteroatoms. The summed E-state index contributed by atoms with van der Waals surface area (Å²) in [6, 6.07) is 13.5. The van der Waals surface area contributed by atoms with Crippen LogP contribution in [0.4, 0.5) is 0 Å². The number of sulfone groups is 1. The fourth-order valence-electron chi connectivity index (χ4n) is 2.02. The van der Waals surface area contributed by atoms with Gasteiger partial charge in [0.25, 0.3) is 0 Å². The van der Waals surface area contributed by atoms with Crippen molar-refractivity contribution >= 4 is 33.0 Å². The van der Waals surface area contributed by atoms with E-state index in [-0.39, 0.29) is 21.7 Å². The van der Waals surface area contributed by atoms with Gasteiger partial charge in [-0.05, 0) is 30.8 Å². The predicted molar refractivity (Wildman–Crippen MR) is 86.8 cm³/mol. The maximum Gasteiger partial charge on any atom is 0.180 e. The summed E-state index contributed by atoms with van der Waals surface area (Å²) in [7, 11) is -1.73. The molecule has 3 nitrogen and oxygen atoms in total. The molecule has 2 aromatic carbocycles. The van der Waals surface area contributed by atoms with Gasteiger partial charge in [-0.25, -0.2) is 8.42 Å². The highest BCUT2D eigenvalue weighted by molar-refractivity contribution is 7.91. The SMILES string of the molecule is CNC(CS(=O)(=O)c1ccc(Cl)c(Cl)c1)c1ccccc1. The van der Waals surface area contributed by atoms with Crippen LogP contribution in [-0.2, 0) is 9.84 Å². The Labute approximate surface area is 134 Å². The third-order valence-corrected chi connectivity index (χ3v) is 5.67. The maximum atomic E-state index is 12.5. The highest BCUT2D eigenvalue weighted by atomic mass is 35.5. The summed E-state index contributed by atoms with van der Waals surface area (Å²) in [4.78, 5) is 0.174. The average molecular weight is 344 g/mol. The Morgan fingerprint density at radius 1 is 1.05 bits per heavy atom. The Morgan fingerprint density at radius 3 is 2.29 bits per heavy atom. The van der Waals surface area contributed by atoms with Crippen LogP contribution in [0.2, 0.25) is 10.0 Å². The summed E-state index contributed by atoms with van der Waals surface area (Å²) >= 11 is 11.7. The molecule has 0 aliphatic rings. The summed E-state index contributed by atoms with van der Waals surface area (Å²) in [6.07, 6.45) is 0. The first-order valence-electron chi connectivity index (χ1n) is 6.34. The van der Waals surface area contributed by atoms with Crippen molar-refractivity contribution in [1.82, 2.24) is 5.32 Å². The van der Waals surface area contributed by atoms with Crippen molar-refractivity contribution in [3.8, 4) is 0 Å². The monoisotopic (exact) mass is 343 g/mol. The van der Waals surface area contributed by atoms with Gasteiger partial charge in [-0.15, -0.1) is 0 Å². The van der Waals surface area contributed by atoms with Crippen LogP contribution in [0.25, 0.3) is 0 Å². The fraction of sp³-hybridized carbons (Fsp3) is 0.200. The number of halogens is 2. The Morgan fingerprint density at radius 2 is 1.71 bits per heavy atom. The third-order valence-electron chi connectivity index (χ3n) is 3.19. The van der Waals surface area contributed by atoms with Crippen molar-refractivity contribution in [1.29, 1.82) is 0 Å². The Kier molecular flexibility index (Phi) is 5.27. The van der Waals surface area contributed by atoms with E-state index in [0.717, 1.165) is 5.56 Å². The van der Waals surface area contributed by atoms with Crippen LogP contribution in [0.5, 0.6) is 0 Å². The molecule has 1 atom stereocenters. The molecule has 0 spiro atoms. The number of benzene rings is 2. The molecule has 0 heterocycles. The molecule has 1 unspecified atom stereocenters. The van der Waals surface area contributed by atoms with Crippen LogP contribution in [-0.4, -0.2) is 21.2 Å². The lowest BCUT2D eigenvalue weighted by Gasteiger charge is -2.17. The van der Waals surface area contributed by atoms with E-state index in [1.54, 1.807) is 7.05 Å². The van der Waals surface area contributed by atoms with Gasteiger partial charge in [-0.1, -0.05) is 53.5 Å².